The van der Waals surface area contributed by atoms with Crippen LogP contribution in [0, 0.1) is 0 Å². The first-order chi connectivity index (χ1) is 9.58. The average Bonchev–Trinajstić information content (AvgIpc) is 2.49. The zero-order chi connectivity index (χ0) is 14.5. The molecular formula is C17H18ClNO. The van der Waals surface area contributed by atoms with Gasteiger partial charge in [-0.25, -0.2) is 0 Å². The van der Waals surface area contributed by atoms with E-state index in [1.54, 1.807) is 0 Å². The van der Waals surface area contributed by atoms with Crippen LogP contribution < -0.4 is 0 Å². The molecule has 0 fully saturated rings. The Hall–Kier alpha value is -1.64. The molecule has 104 valence electrons. The molecule has 0 aliphatic rings. The Bertz CT molecular complexity index is 565. The summed E-state index contributed by atoms with van der Waals surface area (Å²) in [5.41, 5.74) is 1.90. The summed E-state index contributed by atoms with van der Waals surface area (Å²) in [5.74, 6) is 0.141. The molecule has 0 saturated heterocycles. The van der Waals surface area contributed by atoms with Gasteiger partial charge in [-0.05, 0) is 31.7 Å². The fraction of sp³-hybridized carbons (Fsp3) is 0.235. The number of ketones is 1. The molecule has 2 rings (SSSR count). The maximum atomic E-state index is 12.4. The van der Waals surface area contributed by atoms with Crippen molar-refractivity contribution in [3.05, 3.63) is 70.7 Å². The third-order valence-corrected chi connectivity index (χ3v) is 3.70. The number of halogens is 1. The van der Waals surface area contributed by atoms with Crippen molar-refractivity contribution in [2.24, 2.45) is 0 Å². The van der Waals surface area contributed by atoms with Crippen LogP contribution in [0.3, 0.4) is 0 Å². The largest absolute Gasteiger partial charge is 0.292 e. The second-order valence-electron chi connectivity index (χ2n) is 4.95. The molecule has 0 saturated carbocycles. The topological polar surface area (TPSA) is 20.3 Å². The average molecular weight is 288 g/mol. The van der Waals surface area contributed by atoms with E-state index in [9.17, 15) is 4.79 Å². The number of benzene rings is 2. The first kappa shape index (κ1) is 14.8. The van der Waals surface area contributed by atoms with E-state index >= 15 is 0 Å². The van der Waals surface area contributed by atoms with Crippen LogP contribution in [-0.2, 0) is 6.54 Å². The molecule has 1 atom stereocenters. The molecule has 0 amide bonds. The highest BCUT2D eigenvalue weighted by atomic mass is 35.5. The molecular weight excluding hydrogens is 270 g/mol. The Morgan fingerprint density at radius 3 is 2.30 bits per heavy atom. The van der Waals surface area contributed by atoms with Gasteiger partial charge in [-0.3, -0.25) is 9.69 Å². The number of carbonyl (C=O) groups excluding carboxylic acids is 1. The fourth-order valence-corrected chi connectivity index (χ4v) is 2.18. The lowest BCUT2D eigenvalue weighted by molar-refractivity contribution is 0.0862. The Morgan fingerprint density at radius 1 is 1.10 bits per heavy atom. The van der Waals surface area contributed by atoms with E-state index in [0.29, 0.717) is 0 Å². The van der Waals surface area contributed by atoms with Gasteiger partial charge in [-0.15, -0.1) is 0 Å². The number of hydrogen-bond acceptors (Lipinski definition) is 2. The molecule has 0 spiro atoms. The Kier molecular flexibility index (Phi) is 4.94. The molecule has 1 unspecified atom stereocenters. The molecule has 2 nitrogen and oxygen atoms in total. The summed E-state index contributed by atoms with van der Waals surface area (Å²) in [7, 11) is 1.96. The summed E-state index contributed by atoms with van der Waals surface area (Å²) in [6.45, 7) is 2.65. The molecule has 2 aromatic carbocycles. The highest BCUT2D eigenvalue weighted by Crippen LogP contribution is 2.14. The van der Waals surface area contributed by atoms with Gasteiger partial charge in [0.2, 0.25) is 0 Å². The maximum absolute atomic E-state index is 12.4. The van der Waals surface area contributed by atoms with Gasteiger partial charge in [0.15, 0.2) is 5.78 Å². The summed E-state index contributed by atoms with van der Waals surface area (Å²) in [6.07, 6.45) is 0. The lowest BCUT2D eigenvalue weighted by atomic mass is 10.0. The van der Waals surface area contributed by atoms with Crippen molar-refractivity contribution in [2.45, 2.75) is 19.5 Å². The predicted octanol–water partition coefficient (Wildman–Crippen LogP) is 4.04. The zero-order valence-electron chi connectivity index (χ0n) is 11.7. The van der Waals surface area contributed by atoms with Gasteiger partial charge in [0.05, 0.1) is 6.04 Å². The van der Waals surface area contributed by atoms with Crippen molar-refractivity contribution in [1.29, 1.82) is 0 Å². The number of nitrogens with zero attached hydrogens (tertiary/aromatic N) is 1. The zero-order valence-corrected chi connectivity index (χ0v) is 12.5. The van der Waals surface area contributed by atoms with E-state index in [1.165, 1.54) is 0 Å². The van der Waals surface area contributed by atoms with Crippen molar-refractivity contribution in [3.8, 4) is 0 Å². The van der Waals surface area contributed by atoms with Gasteiger partial charge in [0.1, 0.15) is 0 Å². The van der Waals surface area contributed by atoms with Crippen molar-refractivity contribution >= 4 is 17.4 Å². The predicted molar refractivity (Wildman–Crippen MR) is 83.2 cm³/mol. The monoisotopic (exact) mass is 287 g/mol. The van der Waals surface area contributed by atoms with Crippen LogP contribution in [0.5, 0.6) is 0 Å². The smallest absolute Gasteiger partial charge is 0.179 e. The molecule has 2 aromatic rings. The number of likely N-dealkylation sites (N-methyl/N-ethyl adjacent to an activating group) is 1. The van der Waals surface area contributed by atoms with Gasteiger partial charge in [0, 0.05) is 17.1 Å². The molecule has 3 heteroatoms. The summed E-state index contributed by atoms with van der Waals surface area (Å²) < 4.78 is 0. The Balaban J connectivity index is 2.03. The van der Waals surface area contributed by atoms with E-state index in [0.717, 1.165) is 22.7 Å². The summed E-state index contributed by atoms with van der Waals surface area (Å²) >= 11 is 5.87. The third-order valence-electron chi connectivity index (χ3n) is 3.44. The second kappa shape index (κ2) is 6.69. The van der Waals surface area contributed by atoms with Crippen LogP contribution in [0.15, 0.2) is 54.6 Å². The highest BCUT2D eigenvalue weighted by molar-refractivity contribution is 6.30. The highest BCUT2D eigenvalue weighted by Gasteiger charge is 2.19. The SMILES string of the molecule is CC(C(=O)c1ccccc1)N(C)Cc1ccc(Cl)cc1. The molecule has 0 bridgehead atoms. The van der Waals surface area contributed by atoms with Crippen LogP contribution >= 0.6 is 11.6 Å². The first-order valence-corrected chi connectivity index (χ1v) is 6.99. The van der Waals surface area contributed by atoms with Crippen molar-refractivity contribution in [2.75, 3.05) is 7.05 Å². The van der Waals surface area contributed by atoms with Crippen LogP contribution in [0.1, 0.15) is 22.8 Å². The first-order valence-electron chi connectivity index (χ1n) is 6.62. The number of rotatable bonds is 5. The number of hydrogen-bond donors (Lipinski definition) is 0. The Labute approximate surface area is 125 Å². The molecule has 0 heterocycles. The minimum atomic E-state index is -0.159. The van der Waals surface area contributed by atoms with Crippen LogP contribution in [-0.4, -0.2) is 23.8 Å². The van der Waals surface area contributed by atoms with E-state index < -0.39 is 0 Å². The molecule has 0 aliphatic carbocycles. The maximum Gasteiger partial charge on any atom is 0.179 e. The van der Waals surface area contributed by atoms with Gasteiger partial charge >= 0.3 is 0 Å². The standard InChI is InChI=1S/C17H18ClNO/c1-13(17(20)15-6-4-3-5-7-15)19(2)12-14-8-10-16(18)11-9-14/h3-11,13H,12H2,1-2H3. The lowest BCUT2D eigenvalue weighted by Gasteiger charge is -2.23. The van der Waals surface area contributed by atoms with E-state index in [4.69, 9.17) is 11.6 Å². The second-order valence-corrected chi connectivity index (χ2v) is 5.38. The van der Waals surface area contributed by atoms with Crippen molar-refractivity contribution in [1.82, 2.24) is 4.90 Å². The van der Waals surface area contributed by atoms with E-state index in [1.807, 2.05) is 73.5 Å². The normalized spacial score (nSPS) is 12.4. The molecule has 20 heavy (non-hydrogen) atoms. The van der Waals surface area contributed by atoms with Crippen LogP contribution in [0.25, 0.3) is 0 Å². The molecule has 0 radical (unpaired) electrons. The third kappa shape index (κ3) is 3.69. The van der Waals surface area contributed by atoms with Crippen molar-refractivity contribution in [3.63, 3.8) is 0 Å². The number of Topliss-reactive ketones (excluding diaryl/α,β-unsaturated/α-hetero) is 1. The minimum absolute atomic E-state index is 0.141. The summed E-state index contributed by atoms with van der Waals surface area (Å²) in [5, 5.41) is 0.727. The molecule has 0 N–H and O–H groups in total. The van der Waals surface area contributed by atoms with Gasteiger partial charge in [-0.1, -0.05) is 54.1 Å². The fourth-order valence-electron chi connectivity index (χ4n) is 2.06. The van der Waals surface area contributed by atoms with Crippen LogP contribution in [0.2, 0.25) is 5.02 Å². The van der Waals surface area contributed by atoms with Gasteiger partial charge < -0.3 is 0 Å². The molecule has 0 aromatic heterocycles. The van der Waals surface area contributed by atoms with E-state index in [2.05, 4.69) is 0 Å². The van der Waals surface area contributed by atoms with Gasteiger partial charge in [0.25, 0.3) is 0 Å². The summed E-state index contributed by atoms with van der Waals surface area (Å²) in [6, 6.07) is 17.0. The quantitative estimate of drug-likeness (QED) is 0.774. The Morgan fingerprint density at radius 2 is 1.70 bits per heavy atom. The van der Waals surface area contributed by atoms with Crippen molar-refractivity contribution < 1.29 is 4.79 Å². The lowest BCUT2D eigenvalue weighted by Crippen LogP contribution is -2.35. The van der Waals surface area contributed by atoms with Crippen LogP contribution in [0.4, 0.5) is 0 Å². The minimum Gasteiger partial charge on any atom is -0.292 e. The molecule has 0 aliphatic heterocycles. The van der Waals surface area contributed by atoms with E-state index in [-0.39, 0.29) is 11.8 Å². The summed E-state index contributed by atoms with van der Waals surface area (Å²) in [4.78, 5) is 14.4. The van der Waals surface area contributed by atoms with Gasteiger partial charge in [-0.2, -0.15) is 0 Å². The number of carbonyl (C=O) groups is 1.